The maximum Gasteiger partial charge on any atom is 0.258 e. The van der Waals surface area contributed by atoms with Gasteiger partial charge in [-0.25, -0.2) is 0 Å². The summed E-state index contributed by atoms with van der Waals surface area (Å²) in [6.07, 6.45) is 1.68. The molecule has 1 amide bonds. The van der Waals surface area contributed by atoms with Gasteiger partial charge < -0.3 is 23.8 Å². The second kappa shape index (κ2) is 9.22. The van der Waals surface area contributed by atoms with Crippen molar-refractivity contribution in [2.24, 2.45) is 0 Å². The number of hydrogen-bond donors (Lipinski definition) is 0. The maximum absolute atomic E-state index is 13.4. The molecular weight excluding hydrogens is 394 g/mol. The number of pyridine rings is 1. The maximum atomic E-state index is 13.4. The van der Waals surface area contributed by atoms with Crippen LogP contribution in [0.15, 0.2) is 59.5 Å². The van der Waals surface area contributed by atoms with Gasteiger partial charge in [0.15, 0.2) is 0 Å². The standard InChI is InChI=1S/C24H27N3O4/c1-30-16-15-27-17-22(20-5-3-4-6-21(20)23(27)28)24(29)26-13-11-25(12-14-26)18-7-9-19(31-2)10-8-18/h3-10,17H,11-16H2,1-2H3. The van der Waals surface area contributed by atoms with E-state index < -0.39 is 0 Å². The first-order chi connectivity index (χ1) is 15.1. The number of carbonyl (C=O) groups is 1. The van der Waals surface area contributed by atoms with E-state index in [0.717, 1.165) is 24.5 Å². The number of carbonyl (C=O) groups excluding carboxylic acids is 1. The van der Waals surface area contributed by atoms with Gasteiger partial charge >= 0.3 is 0 Å². The third-order valence-corrected chi connectivity index (χ3v) is 5.76. The fourth-order valence-corrected chi connectivity index (χ4v) is 4.00. The van der Waals surface area contributed by atoms with Gasteiger partial charge in [0, 0.05) is 62.5 Å². The Morgan fingerprint density at radius 2 is 1.61 bits per heavy atom. The summed E-state index contributed by atoms with van der Waals surface area (Å²) in [6, 6.07) is 15.3. The normalized spacial score (nSPS) is 14.1. The van der Waals surface area contributed by atoms with E-state index in [1.165, 1.54) is 0 Å². The number of rotatable bonds is 6. The predicted molar refractivity (Wildman–Crippen MR) is 121 cm³/mol. The summed E-state index contributed by atoms with van der Waals surface area (Å²) in [7, 11) is 3.25. The van der Waals surface area contributed by atoms with E-state index in [4.69, 9.17) is 9.47 Å². The van der Waals surface area contributed by atoms with E-state index in [1.807, 2.05) is 47.4 Å². The van der Waals surface area contributed by atoms with Gasteiger partial charge in [-0.3, -0.25) is 9.59 Å². The van der Waals surface area contributed by atoms with E-state index >= 15 is 0 Å². The highest BCUT2D eigenvalue weighted by atomic mass is 16.5. The minimum absolute atomic E-state index is 0.0447. The molecule has 2 aromatic carbocycles. The highest BCUT2D eigenvalue weighted by Crippen LogP contribution is 2.22. The molecule has 0 saturated carbocycles. The highest BCUT2D eigenvalue weighted by molar-refractivity contribution is 6.06. The molecule has 7 nitrogen and oxygen atoms in total. The number of piperazine rings is 1. The summed E-state index contributed by atoms with van der Waals surface area (Å²) in [5.74, 6) is 0.782. The second-order valence-electron chi connectivity index (χ2n) is 7.56. The van der Waals surface area contributed by atoms with E-state index in [2.05, 4.69) is 4.90 Å². The number of nitrogens with zero attached hydrogens (tertiary/aromatic N) is 3. The van der Waals surface area contributed by atoms with Crippen molar-refractivity contribution in [1.82, 2.24) is 9.47 Å². The molecule has 31 heavy (non-hydrogen) atoms. The quantitative estimate of drug-likeness (QED) is 0.612. The molecule has 162 valence electrons. The molecule has 0 radical (unpaired) electrons. The van der Waals surface area contributed by atoms with Crippen LogP contribution in [0.4, 0.5) is 5.69 Å². The van der Waals surface area contributed by atoms with Gasteiger partial charge in [-0.15, -0.1) is 0 Å². The molecule has 0 atom stereocenters. The van der Waals surface area contributed by atoms with Gasteiger partial charge in [-0.1, -0.05) is 18.2 Å². The highest BCUT2D eigenvalue weighted by Gasteiger charge is 2.24. The summed E-state index contributed by atoms with van der Waals surface area (Å²) in [4.78, 5) is 30.4. The zero-order chi connectivity index (χ0) is 21.8. The fourth-order valence-electron chi connectivity index (χ4n) is 4.00. The van der Waals surface area contributed by atoms with Crippen LogP contribution in [0, 0.1) is 0 Å². The second-order valence-corrected chi connectivity index (χ2v) is 7.56. The van der Waals surface area contributed by atoms with Crippen LogP contribution in [0.3, 0.4) is 0 Å². The molecule has 0 unspecified atom stereocenters. The van der Waals surface area contributed by atoms with Crippen LogP contribution in [0.5, 0.6) is 5.75 Å². The lowest BCUT2D eigenvalue weighted by Crippen LogP contribution is -2.49. The molecular formula is C24H27N3O4. The summed E-state index contributed by atoms with van der Waals surface area (Å²) in [5.41, 5.74) is 1.57. The number of amides is 1. The van der Waals surface area contributed by atoms with Crippen molar-refractivity contribution in [3.8, 4) is 5.75 Å². The Hall–Kier alpha value is -3.32. The van der Waals surface area contributed by atoms with Crippen LogP contribution < -0.4 is 15.2 Å². The molecule has 0 aliphatic carbocycles. The number of hydrogen-bond acceptors (Lipinski definition) is 5. The van der Waals surface area contributed by atoms with E-state index in [1.54, 1.807) is 31.0 Å². The monoisotopic (exact) mass is 421 g/mol. The lowest BCUT2D eigenvalue weighted by molar-refractivity contribution is 0.0747. The Morgan fingerprint density at radius 1 is 0.935 bits per heavy atom. The van der Waals surface area contributed by atoms with Crippen molar-refractivity contribution < 1.29 is 14.3 Å². The van der Waals surface area contributed by atoms with Crippen molar-refractivity contribution in [2.45, 2.75) is 6.54 Å². The molecule has 2 heterocycles. The fraction of sp³-hybridized carbons (Fsp3) is 0.333. The Kier molecular flexibility index (Phi) is 6.23. The number of methoxy groups -OCH3 is 2. The van der Waals surface area contributed by atoms with Crippen molar-refractivity contribution in [1.29, 1.82) is 0 Å². The van der Waals surface area contributed by atoms with Crippen LogP contribution in [0.25, 0.3) is 10.8 Å². The van der Waals surface area contributed by atoms with Crippen LogP contribution >= 0.6 is 0 Å². The summed E-state index contributed by atoms with van der Waals surface area (Å²) in [6.45, 7) is 3.56. The minimum Gasteiger partial charge on any atom is -0.497 e. The molecule has 1 fully saturated rings. The van der Waals surface area contributed by atoms with E-state index in [9.17, 15) is 9.59 Å². The zero-order valence-corrected chi connectivity index (χ0v) is 17.9. The van der Waals surface area contributed by atoms with E-state index in [0.29, 0.717) is 42.6 Å². The van der Waals surface area contributed by atoms with Crippen molar-refractivity contribution in [3.63, 3.8) is 0 Å². The SMILES string of the molecule is COCCn1cc(C(=O)N2CCN(c3ccc(OC)cc3)CC2)c2ccccc2c1=O. The van der Waals surface area contributed by atoms with Crippen LogP contribution in [0.2, 0.25) is 0 Å². The smallest absolute Gasteiger partial charge is 0.258 e. The zero-order valence-electron chi connectivity index (χ0n) is 17.9. The Bertz CT molecular complexity index is 1120. The molecule has 1 aliphatic rings. The van der Waals surface area contributed by atoms with Crippen LogP contribution in [-0.4, -0.2) is 62.4 Å². The van der Waals surface area contributed by atoms with Crippen molar-refractivity contribution in [3.05, 3.63) is 70.6 Å². The van der Waals surface area contributed by atoms with Crippen LogP contribution in [-0.2, 0) is 11.3 Å². The average molecular weight is 421 g/mol. The molecule has 1 saturated heterocycles. The van der Waals surface area contributed by atoms with Gasteiger partial charge in [0.1, 0.15) is 5.75 Å². The molecule has 1 aromatic heterocycles. The van der Waals surface area contributed by atoms with Gasteiger partial charge in [-0.05, 0) is 30.3 Å². The first-order valence-corrected chi connectivity index (χ1v) is 10.4. The summed E-state index contributed by atoms with van der Waals surface area (Å²) in [5, 5.41) is 1.25. The van der Waals surface area contributed by atoms with Gasteiger partial charge in [0.05, 0.1) is 19.3 Å². The Morgan fingerprint density at radius 3 is 2.26 bits per heavy atom. The topological polar surface area (TPSA) is 64.0 Å². The van der Waals surface area contributed by atoms with E-state index in [-0.39, 0.29) is 11.5 Å². The van der Waals surface area contributed by atoms with Gasteiger partial charge in [0.2, 0.25) is 0 Å². The number of benzene rings is 2. The number of ether oxygens (including phenoxy) is 2. The molecule has 3 aromatic rings. The third kappa shape index (κ3) is 4.27. The van der Waals surface area contributed by atoms with Crippen molar-refractivity contribution in [2.75, 3.05) is 51.9 Å². The van der Waals surface area contributed by atoms with Gasteiger partial charge in [-0.2, -0.15) is 0 Å². The minimum atomic E-state index is -0.103. The van der Waals surface area contributed by atoms with Crippen molar-refractivity contribution >= 4 is 22.4 Å². The lowest BCUT2D eigenvalue weighted by atomic mass is 10.1. The largest absolute Gasteiger partial charge is 0.497 e. The molecule has 0 N–H and O–H groups in total. The first-order valence-electron chi connectivity index (χ1n) is 10.4. The third-order valence-electron chi connectivity index (χ3n) is 5.76. The number of aromatic nitrogens is 1. The van der Waals surface area contributed by atoms with Crippen LogP contribution in [0.1, 0.15) is 10.4 Å². The molecule has 7 heteroatoms. The summed E-state index contributed by atoms with van der Waals surface area (Å²) < 4.78 is 11.9. The average Bonchev–Trinajstić information content (AvgIpc) is 2.83. The molecule has 0 bridgehead atoms. The Balaban J connectivity index is 1.55. The Labute approximate surface area is 181 Å². The number of anilines is 1. The summed E-state index contributed by atoms with van der Waals surface area (Å²) >= 11 is 0. The van der Waals surface area contributed by atoms with Gasteiger partial charge in [0.25, 0.3) is 11.5 Å². The molecule has 0 spiro atoms. The molecule has 1 aliphatic heterocycles. The predicted octanol–water partition coefficient (Wildman–Crippen LogP) is 2.62. The first kappa shape index (κ1) is 20.9. The number of fused-ring (bicyclic) bond motifs is 1. The molecule has 4 rings (SSSR count). The lowest BCUT2D eigenvalue weighted by Gasteiger charge is -2.36.